The van der Waals surface area contributed by atoms with Gasteiger partial charge >= 0.3 is 5.97 Å². The lowest BCUT2D eigenvalue weighted by Crippen LogP contribution is -2.19. The summed E-state index contributed by atoms with van der Waals surface area (Å²) in [5.41, 5.74) is 0. The van der Waals surface area contributed by atoms with E-state index >= 15 is 0 Å². The molecule has 0 aliphatic heterocycles. The van der Waals surface area contributed by atoms with Crippen molar-refractivity contribution in [1.29, 1.82) is 0 Å². The van der Waals surface area contributed by atoms with Crippen LogP contribution in [0.15, 0.2) is 25.0 Å². The summed E-state index contributed by atoms with van der Waals surface area (Å²) in [6, 6.07) is 0. The number of esters is 1. The fourth-order valence-corrected chi connectivity index (χ4v) is 1.86. The Balaban J connectivity index is 3.73. The number of aliphatic hydroxyl groups is 1. The number of hydrogen-bond donors (Lipinski definition) is 1. The van der Waals surface area contributed by atoms with Crippen molar-refractivity contribution in [3.63, 3.8) is 0 Å². The highest BCUT2D eigenvalue weighted by molar-refractivity contribution is 5.69. The number of hydrogen-bond acceptors (Lipinski definition) is 4. The molecule has 21 heavy (non-hydrogen) atoms. The second kappa shape index (κ2) is 12.5. The first-order chi connectivity index (χ1) is 9.99. The van der Waals surface area contributed by atoms with Crippen LogP contribution in [-0.2, 0) is 14.3 Å². The molecule has 4 heteroatoms. The van der Waals surface area contributed by atoms with E-state index in [9.17, 15) is 4.79 Å². The van der Waals surface area contributed by atoms with Gasteiger partial charge in [0, 0.05) is 12.8 Å². The molecular weight excluding hydrogens is 268 g/mol. The minimum Gasteiger partial charge on any atom is -0.494 e. The zero-order valence-electron chi connectivity index (χ0n) is 13.5. The Hall–Kier alpha value is -1.29. The van der Waals surface area contributed by atoms with Gasteiger partial charge < -0.3 is 14.6 Å². The average molecular weight is 298 g/mol. The summed E-state index contributed by atoms with van der Waals surface area (Å²) in [7, 11) is 0. The predicted molar refractivity (Wildman–Crippen MR) is 84.8 cm³/mol. The SMILES string of the molecule is C=CC(=C)OCCC(CC)OC(=O)CCCCCC(C)O. The third kappa shape index (κ3) is 12.2. The molecule has 0 aromatic heterocycles. The molecule has 0 spiro atoms. The predicted octanol–water partition coefficient (Wildman–Crippen LogP) is 3.75. The lowest BCUT2D eigenvalue weighted by molar-refractivity contribution is -0.150. The summed E-state index contributed by atoms with van der Waals surface area (Å²) in [6.07, 6.45) is 6.56. The quantitative estimate of drug-likeness (QED) is 0.243. The van der Waals surface area contributed by atoms with Gasteiger partial charge in [0.15, 0.2) is 0 Å². The molecule has 0 saturated heterocycles. The summed E-state index contributed by atoms with van der Waals surface area (Å²) < 4.78 is 10.7. The van der Waals surface area contributed by atoms with Crippen molar-refractivity contribution >= 4 is 5.97 Å². The van der Waals surface area contributed by atoms with Gasteiger partial charge in [-0.3, -0.25) is 4.79 Å². The molecule has 2 atom stereocenters. The number of carbonyl (C=O) groups is 1. The molecule has 0 aromatic rings. The van der Waals surface area contributed by atoms with Crippen LogP contribution in [-0.4, -0.2) is 29.9 Å². The fraction of sp³-hybridized carbons (Fsp3) is 0.706. The van der Waals surface area contributed by atoms with Crippen LogP contribution < -0.4 is 0 Å². The van der Waals surface area contributed by atoms with Crippen LogP contribution in [0, 0.1) is 0 Å². The van der Waals surface area contributed by atoms with Crippen molar-refractivity contribution in [3.05, 3.63) is 25.0 Å². The topological polar surface area (TPSA) is 55.8 Å². The second-order valence-electron chi connectivity index (χ2n) is 5.28. The van der Waals surface area contributed by atoms with E-state index in [1.54, 1.807) is 13.0 Å². The molecule has 2 unspecified atom stereocenters. The molecule has 122 valence electrons. The number of carbonyl (C=O) groups excluding carboxylic acids is 1. The van der Waals surface area contributed by atoms with Crippen LogP contribution in [0.4, 0.5) is 0 Å². The molecule has 0 radical (unpaired) electrons. The monoisotopic (exact) mass is 298 g/mol. The van der Waals surface area contributed by atoms with Gasteiger partial charge in [-0.05, 0) is 32.3 Å². The molecule has 0 fully saturated rings. The third-order valence-corrected chi connectivity index (χ3v) is 3.21. The summed E-state index contributed by atoms with van der Waals surface area (Å²) in [4.78, 5) is 11.7. The van der Waals surface area contributed by atoms with E-state index in [0.29, 0.717) is 25.2 Å². The van der Waals surface area contributed by atoms with E-state index in [2.05, 4.69) is 13.2 Å². The van der Waals surface area contributed by atoms with Crippen molar-refractivity contribution < 1.29 is 19.4 Å². The minimum atomic E-state index is -0.258. The lowest BCUT2D eigenvalue weighted by atomic mass is 10.1. The Kier molecular flexibility index (Phi) is 11.7. The molecular formula is C17H30O4. The number of ether oxygens (including phenoxy) is 2. The number of allylic oxidation sites excluding steroid dienone is 1. The van der Waals surface area contributed by atoms with E-state index in [1.807, 2.05) is 6.92 Å². The standard InChI is InChI=1S/C17H30O4/c1-5-15(4)20-13-12-16(6-2)21-17(19)11-9-7-8-10-14(3)18/h5,14,16,18H,1,4,6-13H2,2-3H3. The van der Waals surface area contributed by atoms with Crippen LogP contribution in [0.3, 0.4) is 0 Å². The molecule has 0 heterocycles. The van der Waals surface area contributed by atoms with Gasteiger partial charge in [-0.1, -0.05) is 32.9 Å². The van der Waals surface area contributed by atoms with Crippen molar-refractivity contribution in [2.45, 2.75) is 71.0 Å². The minimum absolute atomic E-state index is 0.104. The van der Waals surface area contributed by atoms with Gasteiger partial charge in [0.2, 0.25) is 0 Å². The molecule has 0 bridgehead atoms. The highest BCUT2D eigenvalue weighted by Crippen LogP contribution is 2.10. The Labute approximate surface area is 128 Å². The number of rotatable bonds is 13. The first kappa shape index (κ1) is 19.7. The summed E-state index contributed by atoms with van der Waals surface area (Å²) in [5, 5.41) is 9.14. The summed E-state index contributed by atoms with van der Waals surface area (Å²) >= 11 is 0. The molecule has 0 aliphatic rings. The molecule has 0 rings (SSSR count). The zero-order chi connectivity index (χ0) is 16.1. The first-order valence-corrected chi connectivity index (χ1v) is 7.81. The number of aliphatic hydroxyl groups excluding tert-OH is 1. The van der Waals surface area contributed by atoms with Crippen LogP contribution in [0.25, 0.3) is 0 Å². The highest BCUT2D eigenvalue weighted by atomic mass is 16.5. The summed E-state index contributed by atoms with van der Waals surface area (Å²) in [5.74, 6) is 0.385. The number of unbranched alkanes of at least 4 members (excludes halogenated alkanes) is 2. The van der Waals surface area contributed by atoms with Crippen molar-refractivity contribution in [2.75, 3.05) is 6.61 Å². The molecule has 4 nitrogen and oxygen atoms in total. The first-order valence-electron chi connectivity index (χ1n) is 7.81. The van der Waals surface area contributed by atoms with Gasteiger partial charge in [-0.25, -0.2) is 0 Å². The fourth-order valence-electron chi connectivity index (χ4n) is 1.86. The van der Waals surface area contributed by atoms with Gasteiger partial charge in [0.05, 0.1) is 12.7 Å². The third-order valence-electron chi connectivity index (χ3n) is 3.21. The van der Waals surface area contributed by atoms with Gasteiger partial charge in [-0.2, -0.15) is 0 Å². The zero-order valence-corrected chi connectivity index (χ0v) is 13.5. The molecule has 0 aromatic carbocycles. The molecule has 0 aliphatic carbocycles. The largest absolute Gasteiger partial charge is 0.494 e. The van der Waals surface area contributed by atoms with Gasteiger partial charge in [0.25, 0.3) is 0 Å². The van der Waals surface area contributed by atoms with Crippen molar-refractivity contribution in [2.24, 2.45) is 0 Å². The average Bonchev–Trinajstić information content (AvgIpc) is 2.45. The Bertz CT molecular complexity index is 310. The molecule has 0 saturated carbocycles. The van der Waals surface area contributed by atoms with Crippen molar-refractivity contribution in [1.82, 2.24) is 0 Å². The Morgan fingerprint density at radius 3 is 2.57 bits per heavy atom. The Morgan fingerprint density at radius 2 is 2.00 bits per heavy atom. The van der Waals surface area contributed by atoms with E-state index in [0.717, 1.165) is 32.1 Å². The van der Waals surface area contributed by atoms with E-state index in [1.165, 1.54) is 0 Å². The Morgan fingerprint density at radius 1 is 1.29 bits per heavy atom. The summed E-state index contributed by atoms with van der Waals surface area (Å²) in [6.45, 7) is 11.5. The molecule has 1 N–H and O–H groups in total. The van der Waals surface area contributed by atoms with E-state index < -0.39 is 0 Å². The van der Waals surface area contributed by atoms with Crippen molar-refractivity contribution in [3.8, 4) is 0 Å². The van der Waals surface area contributed by atoms with Gasteiger partial charge in [0.1, 0.15) is 11.9 Å². The van der Waals surface area contributed by atoms with Crippen LogP contribution in [0.1, 0.15) is 58.8 Å². The normalized spacial score (nSPS) is 13.3. The maximum Gasteiger partial charge on any atom is 0.306 e. The van der Waals surface area contributed by atoms with Crippen LogP contribution in [0.2, 0.25) is 0 Å². The van der Waals surface area contributed by atoms with Crippen LogP contribution >= 0.6 is 0 Å². The maximum absolute atomic E-state index is 11.7. The highest BCUT2D eigenvalue weighted by Gasteiger charge is 2.12. The maximum atomic E-state index is 11.7. The van der Waals surface area contributed by atoms with Crippen LogP contribution in [0.5, 0.6) is 0 Å². The van der Waals surface area contributed by atoms with E-state index in [4.69, 9.17) is 14.6 Å². The van der Waals surface area contributed by atoms with E-state index in [-0.39, 0.29) is 18.2 Å². The lowest BCUT2D eigenvalue weighted by Gasteiger charge is -2.16. The molecule has 0 amide bonds. The second-order valence-corrected chi connectivity index (χ2v) is 5.28. The smallest absolute Gasteiger partial charge is 0.306 e. The van der Waals surface area contributed by atoms with Gasteiger partial charge in [-0.15, -0.1) is 0 Å².